The van der Waals surface area contributed by atoms with Crippen molar-refractivity contribution in [3.8, 4) is 5.75 Å². The quantitative estimate of drug-likeness (QED) is 0.843. The Balaban J connectivity index is 2.52. The molecule has 6 heteroatoms. The molecule has 1 heterocycles. The van der Waals surface area contributed by atoms with Crippen LogP contribution in [0.2, 0.25) is 5.02 Å². The van der Waals surface area contributed by atoms with Gasteiger partial charge in [-0.15, -0.1) is 0 Å². The van der Waals surface area contributed by atoms with Crippen LogP contribution >= 0.6 is 11.6 Å². The maximum atomic E-state index is 8.71. The van der Waals surface area contributed by atoms with Crippen LogP contribution in [-0.2, 0) is 6.54 Å². The average Bonchev–Trinajstić information content (AvgIpc) is 2.73. The molecule has 1 aromatic carbocycles. The Morgan fingerprint density at radius 2 is 2.31 bits per heavy atom. The number of nitrogens with two attached hydrogens (primary N) is 1. The Morgan fingerprint density at radius 3 is 3.00 bits per heavy atom. The van der Waals surface area contributed by atoms with Gasteiger partial charge in [0.1, 0.15) is 0 Å². The van der Waals surface area contributed by atoms with Gasteiger partial charge in [0.2, 0.25) is 0 Å². The SMILES string of the molecule is NCc1obc2c(OCCO)ccc(Cl)c12. The van der Waals surface area contributed by atoms with E-state index in [0.29, 0.717) is 16.5 Å². The minimum absolute atomic E-state index is 0.0360. The molecule has 0 aliphatic carbocycles. The summed E-state index contributed by atoms with van der Waals surface area (Å²) in [4.78, 5) is 0. The monoisotopic (exact) mass is 239 g/mol. The Kier molecular flexibility index (Phi) is 3.48. The molecule has 1 aromatic heterocycles. The zero-order valence-corrected chi connectivity index (χ0v) is 9.33. The van der Waals surface area contributed by atoms with Gasteiger partial charge in [0, 0.05) is 0 Å². The number of halogens is 1. The minimum atomic E-state index is -0.0360. The number of rotatable bonds is 4. The van der Waals surface area contributed by atoms with Gasteiger partial charge in [-0.2, -0.15) is 0 Å². The van der Waals surface area contributed by atoms with E-state index in [9.17, 15) is 0 Å². The number of fused-ring (bicyclic) bond motifs is 1. The zero-order valence-electron chi connectivity index (χ0n) is 8.57. The summed E-state index contributed by atoms with van der Waals surface area (Å²) in [6.45, 7) is 0.484. The van der Waals surface area contributed by atoms with E-state index in [1.165, 1.54) is 0 Å². The third-order valence-corrected chi connectivity index (χ3v) is 2.60. The first kappa shape index (κ1) is 11.5. The Labute approximate surface area is 98.2 Å². The van der Waals surface area contributed by atoms with Gasteiger partial charge in [-0.25, -0.2) is 0 Å². The average molecular weight is 239 g/mol. The predicted molar refractivity (Wildman–Crippen MR) is 63.0 cm³/mol. The van der Waals surface area contributed by atoms with E-state index in [2.05, 4.69) is 0 Å². The number of aliphatic hydroxyl groups is 1. The molecule has 0 aliphatic rings. The molecule has 0 unspecified atom stereocenters. The second kappa shape index (κ2) is 4.87. The van der Waals surface area contributed by atoms with Crippen molar-refractivity contribution < 1.29 is 14.2 Å². The van der Waals surface area contributed by atoms with Crippen molar-refractivity contribution in [2.45, 2.75) is 6.54 Å². The van der Waals surface area contributed by atoms with Crippen LogP contribution < -0.4 is 10.5 Å². The van der Waals surface area contributed by atoms with Crippen molar-refractivity contribution in [3.63, 3.8) is 0 Å². The molecule has 0 bridgehead atoms. The van der Waals surface area contributed by atoms with E-state index in [-0.39, 0.29) is 19.8 Å². The molecular weight excluding hydrogens is 228 g/mol. The summed E-state index contributed by atoms with van der Waals surface area (Å²) in [6.07, 6.45) is 0. The van der Waals surface area contributed by atoms with E-state index in [1.807, 2.05) is 0 Å². The molecular formula is C10H11BClNO3. The summed E-state index contributed by atoms with van der Waals surface area (Å²) < 4.78 is 10.7. The Hall–Kier alpha value is -1.04. The second-order valence-corrected chi connectivity index (χ2v) is 3.68. The third kappa shape index (κ3) is 1.94. The zero-order chi connectivity index (χ0) is 11.5. The van der Waals surface area contributed by atoms with Crippen molar-refractivity contribution in [1.29, 1.82) is 0 Å². The van der Waals surface area contributed by atoms with Gasteiger partial charge in [0.15, 0.2) is 0 Å². The first-order chi connectivity index (χ1) is 7.77. The van der Waals surface area contributed by atoms with Crippen molar-refractivity contribution in [1.82, 2.24) is 0 Å². The maximum absolute atomic E-state index is 8.71. The number of hydrogen-bond acceptors (Lipinski definition) is 4. The summed E-state index contributed by atoms with van der Waals surface area (Å²) in [6, 6.07) is 3.47. The van der Waals surface area contributed by atoms with Crippen molar-refractivity contribution >= 4 is 29.4 Å². The first-order valence-electron chi connectivity index (χ1n) is 4.90. The first-order valence-corrected chi connectivity index (χ1v) is 5.28. The molecule has 4 nitrogen and oxygen atoms in total. The Bertz CT molecular complexity index is 500. The molecule has 0 atom stereocenters. The molecule has 0 fully saturated rings. The van der Waals surface area contributed by atoms with Gasteiger partial charge >= 0.3 is 97.7 Å². The van der Waals surface area contributed by atoms with Gasteiger partial charge in [0.05, 0.1) is 0 Å². The number of aliphatic hydroxyl groups excluding tert-OH is 1. The van der Waals surface area contributed by atoms with Crippen LogP contribution in [0.25, 0.3) is 10.7 Å². The topological polar surface area (TPSA) is 68.6 Å². The number of hydrogen-bond donors (Lipinski definition) is 2. The van der Waals surface area contributed by atoms with E-state index in [1.54, 1.807) is 19.3 Å². The summed E-state index contributed by atoms with van der Waals surface area (Å²) in [5, 5.41) is 10.9. The summed E-state index contributed by atoms with van der Waals surface area (Å²) in [7, 11) is 1.57. The molecule has 2 aromatic rings. The number of ether oxygens (including phenoxy) is 1. The van der Waals surface area contributed by atoms with Gasteiger partial charge < -0.3 is 0 Å². The van der Waals surface area contributed by atoms with Crippen LogP contribution in [0.1, 0.15) is 5.76 Å². The van der Waals surface area contributed by atoms with Crippen molar-refractivity contribution in [3.05, 3.63) is 22.9 Å². The summed E-state index contributed by atoms with van der Waals surface area (Å²) >= 11 is 6.07. The van der Waals surface area contributed by atoms with Crippen LogP contribution in [0.5, 0.6) is 5.75 Å². The molecule has 0 radical (unpaired) electrons. The van der Waals surface area contributed by atoms with Crippen LogP contribution in [0.15, 0.2) is 16.5 Å². The van der Waals surface area contributed by atoms with Crippen LogP contribution in [-0.4, -0.2) is 25.4 Å². The molecule has 0 amide bonds. The van der Waals surface area contributed by atoms with Crippen LogP contribution in [0.3, 0.4) is 0 Å². The third-order valence-electron chi connectivity index (χ3n) is 2.29. The Morgan fingerprint density at radius 1 is 1.50 bits per heavy atom. The van der Waals surface area contributed by atoms with E-state index >= 15 is 0 Å². The fourth-order valence-electron chi connectivity index (χ4n) is 1.59. The van der Waals surface area contributed by atoms with Gasteiger partial charge in [-0.3, -0.25) is 0 Å². The predicted octanol–water partition coefficient (Wildman–Crippen LogP) is 1.25. The fraction of sp³-hybridized carbons (Fsp3) is 0.300. The standard InChI is InChI=1S/C10H11BClNO3/c12-6-1-2-7(15-4-3-14)10-9(6)8(5-13)16-11-10/h1-2,14H,3-5,13H2. The normalized spacial score (nSPS) is 10.7. The number of benzene rings is 1. The second-order valence-electron chi connectivity index (χ2n) is 3.27. The van der Waals surface area contributed by atoms with E-state index in [0.717, 1.165) is 10.7 Å². The molecule has 16 heavy (non-hydrogen) atoms. The molecule has 0 saturated heterocycles. The summed E-state index contributed by atoms with van der Waals surface area (Å²) in [5.41, 5.74) is 5.55. The molecule has 0 aliphatic heterocycles. The van der Waals surface area contributed by atoms with E-state index < -0.39 is 0 Å². The van der Waals surface area contributed by atoms with Gasteiger partial charge in [0.25, 0.3) is 0 Å². The van der Waals surface area contributed by atoms with Crippen molar-refractivity contribution in [2.75, 3.05) is 13.2 Å². The van der Waals surface area contributed by atoms with Gasteiger partial charge in [-0.05, 0) is 0 Å². The van der Waals surface area contributed by atoms with E-state index in [4.69, 9.17) is 31.5 Å². The van der Waals surface area contributed by atoms with Crippen molar-refractivity contribution in [2.24, 2.45) is 5.73 Å². The van der Waals surface area contributed by atoms with Crippen LogP contribution in [0.4, 0.5) is 0 Å². The molecule has 0 spiro atoms. The summed E-state index contributed by atoms with van der Waals surface area (Å²) in [5.74, 6) is 1.27. The molecule has 3 N–H and O–H groups in total. The fourth-order valence-corrected chi connectivity index (χ4v) is 1.87. The van der Waals surface area contributed by atoms with Gasteiger partial charge in [-0.1, -0.05) is 0 Å². The molecule has 84 valence electrons. The van der Waals surface area contributed by atoms with Crippen LogP contribution in [0, 0.1) is 0 Å². The molecule has 0 saturated carbocycles. The molecule has 2 rings (SSSR count).